The van der Waals surface area contributed by atoms with Crippen molar-refractivity contribution in [3.63, 3.8) is 0 Å². The second-order valence-electron chi connectivity index (χ2n) is 26.3. The summed E-state index contributed by atoms with van der Waals surface area (Å²) in [4.78, 5) is 0. The summed E-state index contributed by atoms with van der Waals surface area (Å²) in [6.45, 7) is 14.9. The number of hydrogen-bond acceptors (Lipinski definition) is 24. The summed E-state index contributed by atoms with van der Waals surface area (Å²) in [6, 6.07) is 0. The molecule has 1 unspecified atom stereocenters. The summed E-state index contributed by atoms with van der Waals surface area (Å²) < 4.78 is 47.3. The van der Waals surface area contributed by atoms with E-state index in [2.05, 4.69) is 26.8 Å². The number of allylic oxidation sites excluding steroid dienone is 1. The van der Waals surface area contributed by atoms with Gasteiger partial charge >= 0.3 is 0 Å². The summed E-state index contributed by atoms with van der Waals surface area (Å²) in [7, 11) is 0. The predicted molar refractivity (Wildman–Crippen MR) is 272 cm³/mol. The van der Waals surface area contributed by atoms with Gasteiger partial charge in [0.15, 0.2) is 25.2 Å². The second kappa shape index (κ2) is 23.9. The Balaban J connectivity index is 0.925. The van der Waals surface area contributed by atoms with Gasteiger partial charge in [-0.1, -0.05) is 60.1 Å². The van der Waals surface area contributed by atoms with Crippen LogP contribution in [0.3, 0.4) is 0 Å². The zero-order chi connectivity index (χ0) is 58.4. The molecular formula is C55H94O24. The average molecular weight is 1140 g/mol. The van der Waals surface area contributed by atoms with Crippen LogP contribution in [0.25, 0.3) is 0 Å². The summed E-state index contributed by atoms with van der Waals surface area (Å²) in [6.07, 6.45) is -27.0. The number of rotatable bonds is 17. The van der Waals surface area contributed by atoms with Crippen molar-refractivity contribution in [2.45, 2.75) is 254 Å². The van der Waals surface area contributed by atoms with Crippen molar-refractivity contribution in [2.75, 3.05) is 26.4 Å². The second-order valence-corrected chi connectivity index (χ2v) is 26.3. The van der Waals surface area contributed by atoms with Gasteiger partial charge in [0, 0.05) is 23.2 Å². The fraction of sp³-hybridized carbons (Fsp3) is 0.964. The lowest BCUT2D eigenvalue weighted by Crippen LogP contribution is -2.66. The van der Waals surface area contributed by atoms with E-state index in [1.165, 1.54) is 13.8 Å². The van der Waals surface area contributed by atoms with Gasteiger partial charge in [-0.3, -0.25) is 0 Å². The van der Waals surface area contributed by atoms with Gasteiger partial charge < -0.3 is 120 Å². The molecule has 24 nitrogen and oxygen atoms in total. The molecule has 0 spiro atoms. The van der Waals surface area contributed by atoms with E-state index in [1.54, 1.807) is 6.92 Å². The first-order chi connectivity index (χ1) is 36.8. The minimum atomic E-state index is -1.81. The lowest BCUT2D eigenvalue weighted by Gasteiger charge is -2.67. The third kappa shape index (κ3) is 11.2. The number of hydrogen-bond donors (Lipinski definition) is 16. The Hall–Kier alpha value is -1.22. The monoisotopic (exact) mass is 1140 g/mol. The standard InChI is InChI=1S/C55H94O24/c1-22(27(59)16-35(52(5,6)71)78-48-43(68)40(65)38(63)31(76-48)21-72-47-42(67)36(61)23(2)28(18-56)73-47)24-14-15-53(7)32-12-10-25-26(55(32,9)33(60)17-54(24,53)8)11-13-34(51(25,3)4)77-49-45(70)41(66)46(30(20-58)75-49)79-50-44(69)39(64)37(62)29(19-57)74-50/h10,22-24,26-50,56-71H,11-21H2,1-9H3/t22-,23+,24+,26+,27?,28+,29+,30+,31+,32-,33+,34-,35+,36-,37+,38+,39-,40-,41+,42+,43+,44+,45+,46+,47+,48-,49-,50-,53-,54+,55-/m0/s1. The van der Waals surface area contributed by atoms with E-state index in [1.807, 2.05) is 20.8 Å². The smallest absolute Gasteiger partial charge is 0.187 e. The summed E-state index contributed by atoms with van der Waals surface area (Å²) in [5, 5.41) is 174. The molecule has 24 heteroatoms. The van der Waals surface area contributed by atoms with E-state index in [9.17, 15) is 81.7 Å². The first-order valence-electron chi connectivity index (χ1n) is 28.5. The molecule has 0 aromatic carbocycles. The van der Waals surface area contributed by atoms with Crippen molar-refractivity contribution in [2.24, 2.45) is 51.2 Å². The minimum absolute atomic E-state index is 0.0171. The van der Waals surface area contributed by atoms with Crippen LogP contribution in [0, 0.1) is 51.2 Å². The third-order valence-corrected chi connectivity index (χ3v) is 21.3. The molecule has 4 saturated heterocycles. The SMILES string of the molecule is C[C@H]1[C@H](O)[C@@H](O)[C@H](OC[C@H]2O[C@@H](O[C@H](CC(O)[C@@H](C)[C@H]3CC[C@@]4(C)[C@@H]5CC=C6[C@@H](CC[C@H](O[C@@H]7O[C@H](CO)[C@@H](O[C@@H]8O[C@H](CO)[C@@H](O)[C@H](O)[C@H]8O)[C@H](O)[C@H]7O)C6(C)C)[C@]5(C)[C@H](O)C[C@]34C)C(C)(C)O)[C@H](O)[C@@H](O)[C@@H]2O)O[C@@H]1CO. The molecular weight excluding hydrogens is 1040 g/mol. The van der Waals surface area contributed by atoms with Crippen molar-refractivity contribution in [1.29, 1.82) is 0 Å². The Morgan fingerprint density at radius 1 is 0.633 bits per heavy atom. The fourth-order valence-corrected chi connectivity index (χ4v) is 15.8. The van der Waals surface area contributed by atoms with Crippen LogP contribution in [-0.2, 0) is 37.9 Å². The first-order valence-corrected chi connectivity index (χ1v) is 28.5. The number of ether oxygens (including phenoxy) is 8. The third-order valence-electron chi connectivity index (χ3n) is 21.3. The van der Waals surface area contributed by atoms with Gasteiger partial charge in [-0.15, -0.1) is 0 Å². The Labute approximate surface area is 461 Å². The molecule has 0 radical (unpaired) electrons. The van der Waals surface area contributed by atoms with Gasteiger partial charge in [0.2, 0.25) is 0 Å². The maximum Gasteiger partial charge on any atom is 0.187 e. The van der Waals surface area contributed by atoms with Gasteiger partial charge in [-0.25, -0.2) is 0 Å². The van der Waals surface area contributed by atoms with Gasteiger partial charge in [-0.2, -0.15) is 0 Å². The molecule has 0 bridgehead atoms. The largest absolute Gasteiger partial charge is 0.394 e. The molecule has 8 rings (SSSR count). The molecule has 0 aromatic heterocycles. The Kier molecular flexibility index (Phi) is 19.3. The average Bonchev–Trinajstić information content (AvgIpc) is 3.67. The highest BCUT2D eigenvalue weighted by Gasteiger charge is 2.71. The molecule has 3 saturated carbocycles. The zero-order valence-electron chi connectivity index (χ0n) is 46.9. The van der Waals surface area contributed by atoms with Crippen molar-refractivity contribution < 1.29 is 120 Å². The molecule has 4 heterocycles. The zero-order valence-corrected chi connectivity index (χ0v) is 46.9. The molecule has 79 heavy (non-hydrogen) atoms. The minimum Gasteiger partial charge on any atom is -0.394 e. The molecule has 458 valence electrons. The molecule has 7 fully saturated rings. The Bertz CT molecular complexity index is 2060. The number of aliphatic hydroxyl groups is 16. The van der Waals surface area contributed by atoms with E-state index in [0.717, 1.165) is 18.4 Å². The van der Waals surface area contributed by atoms with Crippen LogP contribution in [0.1, 0.15) is 107 Å². The molecule has 4 aliphatic carbocycles. The van der Waals surface area contributed by atoms with Crippen molar-refractivity contribution in [3.05, 3.63) is 11.6 Å². The summed E-state index contributed by atoms with van der Waals surface area (Å²) >= 11 is 0. The van der Waals surface area contributed by atoms with E-state index in [-0.39, 0.29) is 35.5 Å². The fourth-order valence-electron chi connectivity index (χ4n) is 15.8. The highest BCUT2D eigenvalue weighted by molar-refractivity contribution is 5.32. The molecule has 0 amide bonds. The van der Waals surface area contributed by atoms with Crippen molar-refractivity contribution >= 4 is 0 Å². The van der Waals surface area contributed by atoms with Gasteiger partial charge in [0.05, 0.1) is 68.7 Å². The van der Waals surface area contributed by atoms with Crippen LogP contribution in [0.5, 0.6) is 0 Å². The molecule has 31 atom stereocenters. The van der Waals surface area contributed by atoms with E-state index >= 15 is 0 Å². The quantitative estimate of drug-likeness (QED) is 0.0646. The Morgan fingerprint density at radius 3 is 1.80 bits per heavy atom. The predicted octanol–water partition coefficient (Wildman–Crippen LogP) is -2.99. The maximum atomic E-state index is 12.7. The van der Waals surface area contributed by atoms with E-state index in [4.69, 9.17) is 37.9 Å². The molecule has 16 N–H and O–H groups in total. The Morgan fingerprint density at radius 2 is 1.18 bits per heavy atom. The molecule has 4 aliphatic heterocycles. The first kappa shape index (κ1) is 63.8. The lowest BCUT2D eigenvalue weighted by molar-refractivity contribution is -0.365. The van der Waals surface area contributed by atoms with Crippen molar-refractivity contribution in [3.8, 4) is 0 Å². The molecule has 8 aliphatic rings. The molecule has 0 aromatic rings. The van der Waals surface area contributed by atoms with Crippen molar-refractivity contribution in [1.82, 2.24) is 0 Å². The van der Waals surface area contributed by atoms with E-state index < -0.39 is 195 Å². The lowest BCUT2D eigenvalue weighted by atomic mass is 9.38. The van der Waals surface area contributed by atoms with Crippen LogP contribution in [-0.4, -0.2) is 255 Å². The summed E-state index contributed by atoms with van der Waals surface area (Å²) in [5.41, 5.74) is -2.57. The van der Waals surface area contributed by atoms with E-state index in [0.29, 0.717) is 25.7 Å². The van der Waals surface area contributed by atoms with Crippen LogP contribution in [0.4, 0.5) is 0 Å². The van der Waals surface area contributed by atoms with Crippen LogP contribution < -0.4 is 0 Å². The van der Waals surface area contributed by atoms with Gasteiger partial charge in [0.1, 0.15) is 79.4 Å². The summed E-state index contributed by atoms with van der Waals surface area (Å²) in [5.74, 6) is -1.16. The number of fused-ring (bicyclic) bond motifs is 5. The normalized spacial score (nSPS) is 51.4. The van der Waals surface area contributed by atoms with Crippen LogP contribution in [0.15, 0.2) is 11.6 Å². The maximum absolute atomic E-state index is 12.7. The highest BCUT2D eigenvalue weighted by Crippen LogP contribution is 2.75. The number of aliphatic hydroxyl groups excluding tert-OH is 15. The van der Waals surface area contributed by atoms with Crippen LogP contribution in [0.2, 0.25) is 0 Å². The van der Waals surface area contributed by atoms with Crippen LogP contribution >= 0.6 is 0 Å². The van der Waals surface area contributed by atoms with Gasteiger partial charge in [-0.05, 0) is 86.9 Å². The van der Waals surface area contributed by atoms with Gasteiger partial charge in [0.25, 0.3) is 0 Å². The highest BCUT2D eigenvalue weighted by atomic mass is 16.8. The topological polar surface area (TPSA) is 398 Å².